The molecule has 0 bridgehead atoms. The number of para-hydroxylation sites is 2. The first-order chi connectivity index (χ1) is 29.1. The third-order valence-electron chi connectivity index (χ3n) is 9.89. The van der Waals surface area contributed by atoms with E-state index in [9.17, 15) is 0 Å². The summed E-state index contributed by atoms with van der Waals surface area (Å²) >= 11 is 0. The number of hydrogen-bond acceptors (Lipinski definition) is 2. The van der Waals surface area contributed by atoms with Gasteiger partial charge >= 0.3 is 0 Å². The van der Waals surface area contributed by atoms with Crippen LogP contribution < -0.4 is 0 Å². The Kier molecular flexibility index (Phi) is 26.2. The predicted molar refractivity (Wildman–Crippen MR) is 260 cm³/mol. The minimum atomic E-state index is -0.134. The molecule has 0 aliphatic heterocycles. The molecule has 61 heavy (non-hydrogen) atoms. The number of nitrogens with zero attached hydrogens (tertiary/aromatic N) is 6. The molecular weight excluding hydrogens is 911 g/mol. The van der Waals surface area contributed by atoms with Crippen LogP contribution in [0.1, 0.15) is 72.2 Å². The van der Waals surface area contributed by atoms with Crippen LogP contribution in [0, 0.1) is 41.5 Å². The second kappa shape index (κ2) is 30.4. The predicted octanol–water partition coefficient (Wildman–Crippen LogP) is 14.8. The molecule has 0 saturated carbocycles. The largest absolute Gasteiger partial charge is 0.687 e. The van der Waals surface area contributed by atoms with Crippen molar-refractivity contribution in [1.82, 2.24) is 9.80 Å². The Bertz CT molecular complexity index is 1800. The van der Waals surface area contributed by atoms with Gasteiger partial charge < -0.3 is 31.1 Å². The molecule has 0 N–H and O–H groups in total. The zero-order valence-electron chi connectivity index (χ0n) is 38.0. The minimum Gasteiger partial charge on any atom is -0.687 e. The molecule has 2 atom stereocenters. The van der Waals surface area contributed by atoms with E-state index in [1.807, 2.05) is 72.8 Å². The Morgan fingerprint density at radius 3 is 0.885 bits per heavy atom. The molecule has 0 amide bonds. The quantitative estimate of drug-likeness (QED) is 0.0716. The molecule has 0 saturated heterocycles. The van der Waals surface area contributed by atoms with Crippen molar-refractivity contribution in [1.29, 1.82) is 0 Å². The van der Waals surface area contributed by atoms with Crippen molar-refractivity contribution < 1.29 is 25.8 Å². The van der Waals surface area contributed by atoms with Gasteiger partial charge in [0.2, 0.25) is 0 Å². The van der Waals surface area contributed by atoms with E-state index in [0.29, 0.717) is 13.1 Å². The molecule has 6 aromatic rings. The molecule has 0 aliphatic carbocycles. The molecule has 0 heterocycles. The van der Waals surface area contributed by atoms with Crippen LogP contribution in [0.5, 0.6) is 0 Å². The van der Waals surface area contributed by atoms with Gasteiger partial charge in [-0.2, -0.15) is 61.8 Å². The zero-order valence-corrected chi connectivity index (χ0v) is 41.6. The van der Waals surface area contributed by atoms with Crippen molar-refractivity contribution >= 4 is 11.4 Å². The minimum absolute atomic E-state index is 0. The van der Waals surface area contributed by atoms with Crippen molar-refractivity contribution in [3.8, 4) is 0 Å². The zero-order chi connectivity index (χ0) is 43.5. The van der Waals surface area contributed by atoms with E-state index in [1.54, 1.807) is 0 Å². The molecule has 0 radical (unpaired) electrons. The molecule has 0 aliphatic rings. The summed E-state index contributed by atoms with van der Waals surface area (Å²) in [6, 6.07) is 53.1. The van der Waals surface area contributed by atoms with Gasteiger partial charge in [-0.1, -0.05) is 170 Å². The summed E-state index contributed by atoms with van der Waals surface area (Å²) in [6.45, 7) is 29.7. The van der Waals surface area contributed by atoms with Gasteiger partial charge in [-0.05, 0) is 53.9 Å². The molecule has 324 valence electrons. The molecule has 0 aromatic heterocycles. The van der Waals surface area contributed by atoms with Crippen molar-refractivity contribution in [2.45, 2.75) is 81.1 Å². The summed E-state index contributed by atoms with van der Waals surface area (Å²) in [5.41, 5.74) is 11.6. The Hall–Kier alpha value is -4.63. The number of rotatable bonds is 16. The second-order valence-electron chi connectivity index (χ2n) is 14.5. The van der Waals surface area contributed by atoms with Crippen LogP contribution in [0.4, 0.5) is 11.4 Å². The summed E-state index contributed by atoms with van der Waals surface area (Å²) in [7, 11) is 0. The maximum absolute atomic E-state index is 4.97. The van der Waals surface area contributed by atoms with Crippen LogP contribution in [0.25, 0.3) is 21.3 Å². The number of benzene rings is 6. The standard InChI is InChI=1S/2C20H27N3.2C7H7.Hf/c2*1-5-23(6-2)20(21-15-18-13-8-7-9-14-18)22-19-16(3)11-10-12-17(19)4;2*1-7-5-3-2-4-6-7;/h2*7-14,20H,5-6,15H2,1-4H3;2*2-6H,1H2;/q2*-2;2*-1;. The van der Waals surface area contributed by atoms with Gasteiger partial charge in [0.15, 0.2) is 0 Å². The van der Waals surface area contributed by atoms with Crippen LogP contribution in [0.2, 0.25) is 0 Å². The molecule has 7 heteroatoms. The maximum Gasteiger partial charge on any atom is 0 e. The summed E-state index contributed by atoms with van der Waals surface area (Å²) in [4.78, 5) is 4.57. The molecular formula is C54H68HfN6-6. The van der Waals surface area contributed by atoms with Gasteiger partial charge in [-0.15, -0.1) is 48.7 Å². The Morgan fingerprint density at radius 2 is 0.656 bits per heavy atom. The van der Waals surface area contributed by atoms with Crippen LogP contribution in [-0.2, 0) is 38.9 Å². The fourth-order valence-electron chi connectivity index (χ4n) is 6.32. The van der Waals surface area contributed by atoms with Crippen molar-refractivity contribution in [2.24, 2.45) is 0 Å². The molecule has 2 unspecified atom stereocenters. The van der Waals surface area contributed by atoms with E-state index in [1.165, 1.54) is 33.4 Å². The van der Waals surface area contributed by atoms with Gasteiger partial charge in [0, 0.05) is 25.8 Å². The van der Waals surface area contributed by atoms with Crippen molar-refractivity contribution in [2.75, 3.05) is 26.2 Å². The third-order valence-corrected chi connectivity index (χ3v) is 9.89. The van der Waals surface area contributed by atoms with Gasteiger partial charge in [-0.25, -0.2) is 0 Å². The van der Waals surface area contributed by atoms with Crippen LogP contribution >= 0.6 is 0 Å². The van der Waals surface area contributed by atoms with Gasteiger partial charge in [0.25, 0.3) is 0 Å². The average Bonchev–Trinajstić information content (AvgIpc) is 3.27. The molecule has 0 spiro atoms. The summed E-state index contributed by atoms with van der Waals surface area (Å²) in [5, 5.41) is 19.7. The number of aryl methyl sites for hydroxylation is 4. The van der Waals surface area contributed by atoms with Gasteiger partial charge in [0.05, 0.1) is 0 Å². The smallest absolute Gasteiger partial charge is 0 e. The van der Waals surface area contributed by atoms with Crippen molar-refractivity contribution in [3.63, 3.8) is 0 Å². The fraction of sp³-hybridized carbons (Fsp3) is 0.296. The van der Waals surface area contributed by atoms with E-state index in [2.05, 4.69) is 164 Å². The van der Waals surface area contributed by atoms with E-state index in [4.69, 9.17) is 21.3 Å². The monoisotopic (exact) mass is 981 g/mol. The summed E-state index contributed by atoms with van der Waals surface area (Å²) < 4.78 is 0. The Labute approximate surface area is 389 Å². The Morgan fingerprint density at radius 1 is 0.393 bits per heavy atom. The van der Waals surface area contributed by atoms with Crippen molar-refractivity contribution in [3.05, 3.63) is 237 Å². The first kappa shape index (κ1) is 52.5. The van der Waals surface area contributed by atoms with E-state index in [0.717, 1.165) is 48.7 Å². The normalized spacial score (nSPS) is 11.3. The molecule has 0 fully saturated rings. The SMILES string of the molecule is CCN(CC)C([N-]Cc1ccccc1)[N-]c1c(C)cccc1C.CCN(CC)C([N-]Cc1ccccc1)[N-]c1c(C)cccc1C.[CH2-]c1ccccc1.[CH2-]c1ccccc1.[Hf]. The summed E-state index contributed by atoms with van der Waals surface area (Å²) in [6.07, 6.45) is -0.269. The van der Waals surface area contributed by atoms with E-state index < -0.39 is 0 Å². The van der Waals surface area contributed by atoms with Crippen LogP contribution in [0.3, 0.4) is 0 Å². The first-order valence-electron chi connectivity index (χ1n) is 21.3. The molecule has 6 aromatic carbocycles. The van der Waals surface area contributed by atoms with E-state index in [-0.39, 0.29) is 38.4 Å². The van der Waals surface area contributed by atoms with Gasteiger partial charge in [-0.3, -0.25) is 0 Å². The second-order valence-corrected chi connectivity index (χ2v) is 14.5. The van der Waals surface area contributed by atoms with Crippen LogP contribution in [-0.4, -0.2) is 48.6 Å². The summed E-state index contributed by atoms with van der Waals surface area (Å²) in [5.74, 6) is 0. The number of hydrogen-bond donors (Lipinski definition) is 0. The van der Waals surface area contributed by atoms with E-state index >= 15 is 0 Å². The van der Waals surface area contributed by atoms with Crippen LogP contribution in [0.15, 0.2) is 158 Å². The molecule has 6 rings (SSSR count). The average molecular weight is 980 g/mol. The third kappa shape index (κ3) is 19.7. The first-order valence-corrected chi connectivity index (χ1v) is 21.3. The topological polar surface area (TPSA) is 62.9 Å². The molecule has 6 nitrogen and oxygen atoms in total. The van der Waals surface area contributed by atoms with Gasteiger partial charge in [0.1, 0.15) is 0 Å². The maximum atomic E-state index is 4.97. The Balaban J connectivity index is 0.000000315. The fourth-order valence-corrected chi connectivity index (χ4v) is 6.32.